The van der Waals surface area contributed by atoms with Gasteiger partial charge in [-0.2, -0.15) is 5.26 Å². The fourth-order valence-corrected chi connectivity index (χ4v) is 2.81. The second-order valence-corrected chi connectivity index (χ2v) is 5.21. The van der Waals surface area contributed by atoms with Gasteiger partial charge in [-0.05, 0) is 35.2 Å². The van der Waals surface area contributed by atoms with Crippen molar-refractivity contribution in [1.29, 1.82) is 5.26 Å². The molecule has 22 heavy (non-hydrogen) atoms. The van der Waals surface area contributed by atoms with Gasteiger partial charge in [0.1, 0.15) is 6.10 Å². The number of aromatic nitrogens is 1. The Bertz CT molecular complexity index is 832. The number of rotatable bonds is 4. The van der Waals surface area contributed by atoms with Gasteiger partial charge in [0.25, 0.3) is 0 Å². The topological polar surface area (TPSA) is 69.2 Å². The summed E-state index contributed by atoms with van der Waals surface area (Å²) >= 11 is 0. The summed E-state index contributed by atoms with van der Waals surface area (Å²) < 4.78 is 1.94. The molecule has 0 bridgehead atoms. The maximum Gasteiger partial charge on any atom is 0.102 e. The van der Waals surface area contributed by atoms with Crippen LogP contribution in [-0.4, -0.2) is 27.5 Å². The van der Waals surface area contributed by atoms with Crippen molar-refractivity contribution in [2.45, 2.75) is 12.1 Å². The van der Waals surface area contributed by atoms with Crippen molar-refractivity contribution in [2.24, 2.45) is 0 Å². The van der Waals surface area contributed by atoms with E-state index in [-0.39, 0.29) is 6.61 Å². The van der Waals surface area contributed by atoms with E-state index >= 15 is 0 Å². The number of para-hydroxylation sites is 1. The molecule has 0 fully saturated rings. The van der Waals surface area contributed by atoms with E-state index in [0.717, 1.165) is 16.5 Å². The zero-order valence-corrected chi connectivity index (χ0v) is 11.9. The summed E-state index contributed by atoms with van der Waals surface area (Å²) in [5.74, 6) is 0. The largest absolute Gasteiger partial charge is 0.394 e. The van der Waals surface area contributed by atoms with Crippen molar-refractivity contribution in [1.82, 2.24) is 4.57 Å². The van der Waals surface area contributed by atoms with Gasteiger partial charge in [-0.25, -0.2) is 0 Å². The van der Waals surface area contributed by atoms with Gasteiger partial charge >= 0.3 is 0 Å². The Balaban J connectivity index is 2.16. The molecule has 0 radical (unpaired) electrons. The van der Waals surface area contributed by atoms with E-state index < -0.39 is 12.1 Å². The monoisotopic (exact) mass is 292 g/mol. The minimum Gasteiger partial charge on any atom is -0.394 e. The minimum atomic E-state index is -0.954. The second-order valence-electron chi connectivity index (χ2n) is 5.21. The first-order chi connectivity index (χ1) is 10.7. The smallest absolute Gasteiger partial charge is 0.102 e. The molecule has 0 amide bonds. The van der Waals surface area contributed by atoms with Crippen LogP contribution in [0.15, 0.2) is 60.8 Å². The minimum absolute atomic E-state index is 0.353. The summed E-state index contributed by atoms with van der Waals surface area (Å²) in [6, 6.07) is 18.6. The highest BCUT2D eigenvalue weighted by atomic mass is 16.3. The molecule has 1 heterocycles. The molecule has 2 aromatic carbocycles. The maximum absolute atomic E-state index is 10.3. The number of hydrogen-bond donors (Lipinski definition) is 2. The normalized spacial score (nSPS) is 13.7. The van der Waals surface area contributed by atoms with Crippen molar-refractivity contribution in [3.8, 4) is 6.07 Å². The predicted molar refractivity (Wildman–Crippen MR) is 84.3 cm³/mol. The third-order valence-corrected chi connectivity index (χ3v) is 3.84. The lowest BCUT2D eigenvalue weighted by molar-refractivity contribution is 0.0654. The molecular formula is C18H16N2O2. The van der Waals surface area contributed by atoms with Crippen LogP contribution in [-0.2, 0) is 0 Å². The van der Waals surface area contributed by atoms with Gasteiger partial charge < -0.3 is 14.8 Å². The van der Waals surface area contributed by atoms with E-state index in [0.29, 0.717) is 5.56 Å². The Morgan fingerprint density at radius 2 is 1.91 bits per heavy atom. The molecule has 0 aliphatic rings. The molecule has 0 aliphatic carbocycles. The number of nitrogens with zero attached hydrogens (tertiary/aromatic N) is 2. The standard InChI is InChI=1S/C18H16N2O2/c19-11-13-4-3-6-15(10-13)18(17(22)12-21)20-9-8-14-5-1-2-7-16(14)20/h1-10,17-18,21-22H,12H2/t17-,18+/m1/s1. The average Bonchev–Trinajstić information content (AvgIpc) is 2.99. The molecule has 110 valence electrons. The van der Waals surface area contributed by atoms with E-state index in [1.54, 1.807) is 18.2 Å². The summed E-state index contributed by atoms with van der Waals surface area (Å²) in [7, 11) is 0. The van der Waals surface area contributed by atoms with Gasteiger partial charge in [0, 0.05) is 11.7 Å². The van der Waals surface area contributed by atoms with Crippen molar-refractivity contribution in [3.63, 3.8) is 0 Å². The highest BCUT2D eigenvalue weighted by Gasteiger charge is 2.23. The SMILES string of the molecule is N#Cc1cccc([C@@H]([C@H](O)CO)n2ccc3ccccc32)c1. The van der Waals surface area contributed by atoms with E-state index in [9.17, 15) is 10.2 Å². The van der Waals surface area contributed by atoms with Crippen molar-refractivity contribution >= 4 is 10.9 Å². The molecule has 0 spiro atoms. The number of hydrogen-bond acceptors (Lipinski definition) is 3. The number of fused-ring (bicyclic) bond motifs is 1. The number of benzene rings is 2. The van der Waals surface area contributed by atoms with Crippen LogP contribution < -0.4 is 0 Å². The number of aliphatic hydroxyl groups excluding tert-OH is 2. The van der Waals surface area contributed by atoms with Crippen LogP contribution in [0.3, 0.4) is 0 Å². The predicted octanol–water partition coefficient (Wildman–Crippen LogP) is 2.46. The average molecular weight is 292 g/mol. The zero-order valence-electron chi connectivity index (χ0n) is 11.9. The van der Waals surface area contributed by atoms with Crippen molar-refractivity contribution in [3.05, 3.63) is 71.9 Å². The molecule has 4 heteroatoms. The molecular weight excluding hydrogens is 276 g/mol. The van der Waals surface area contributed by atoms with Crippen LogP contribution in [0.25, 0.3) is 10.9 Å². The molecule has 0 aliphatic heterocycles. The Labute approximate surface area is 128 Å². The van der Waals surface area contributed by atoms with E-state index in [2.05, 4.69) is 6.07 Å². The van der Waals surface area contributed by atoms with Crippen LogP contribution >= 0.6 is 0 Å². The fourth-order valence-electron chi connectivity index (χ4n) is 2.81. The van der Waals surface area contributed by atoms with Gasteiger partial charge in [-0.3, -0.25) is 0 Å². The Kier molecular flexibility index (Phi) is 3.92. The summed E-state index contributed by atoms with van der Waals surface area (Å²) in [5.41, 5.74) is 2.30. The molecule has 0 unspecified atom stereocenters. The summed E-state index contributed by atoms with van der Waals surface area (Å²) in [6.45, 7) is -0.353. The van der Waals surface area contributed by atoms with Crippen LogP contribution in [0.2, 0.25) is 0 Å². The van der Waals surface area contributed by atoms with Crippen LogP contribution in [0, 0.1) is 11.3 Å². The van der Waals surface area contributed by atoms with Crippen molar-refractivity contribution < 1.29 is 10.2 Å². The molecule has 2 N–H and O–H groups in total. The maximum atomic E-state index is 10.3. The molecule has 3 aromatic rings. The molecule has 0 saturated carbocycles. The van der Waals surface area contributed by atoms with Gasteiger partial charge in [0.15, 0.2) is 0 Å². The Morgan fingerprint density at radius 1 is 1.09 bits per heavy atom. The van der Waals surface area contributed by atoms with E-state index in [1.807, 2.05) is 47.2 Å². The van der Waals surface area contributed by atoms with Crippen molar-refractivity contribution in [2.75, 3.05) is 6.61 Å². The van der Waals surface area contributed by atoms with Crippen LogP contribution in [0.1, 0.15) is 17.2 Å². The summed E-state index contributed by atoms with van der Waals surface area (Å²) in [4.78, 5) is 0. The summed E-state index contributed by atoms with van der Waals surface area (Å²) in [5, 5.41) is 29.9. The lowest BCUT2D eigenvalue weighted by atomic mass is 9.99. The highest BCUT2D eigenvalue weighted by molar-refractivity contribution is 5.80. The molecule has 2 atom stereocenters. The van der Waals surface area contributed by atoms with Gasteiger partial charge in [0.05, 0.1) is 24.3 Å². The lowest BCUT2D eigenvalue weighted by Crippen LogP contribution is -2.28. The van der Waals surface area contributed by atoms with E-state index in [1.165, 1.54) is 0 Å². The first-order valence-electron chi connectivity index (χ1n) is 7.09. The fraction of sp³-hybridized carbons (Fsp3) is 0.167. The van der Waals surface area contributed by atoms with E-state index in [4.69, 9.17) is 5.26 Å². The molecule has 3 rings (SSSR count). The second kappa shape index (κ2) is 6.02. The third kappa shape index (κ3) is 2.48. The van der Waals surface area contributed by atoms with Gasteiger partial charge in [0.2, 0.25) is 0 Å². The molecule has 0 saturated heterocycles. The van der Waals surface area contributed by atoms with Gasteiger partial charge in [-0.15, -0.1) is 0 Å². The van der Waals surface area contributed by atoms with Crippen LogP contribution in [0.4, 0.5) is 0 Å². The Hall–Kier alpha value is -2.61. The molecule has 4 nitrogen and oxygen atoms in total. The number of nitriles is 1. The quantitative estimate of drug-likeness (QED) is 0.776. The first-order valence-corrected chi connectivity index (χ1v) is 7.09. The highest BCUT2D eigenvalue weighted by Crippen LogP contribution is 2.28. The first kappa shape index (κ1) is 14.3. The molecule has 1 aromatic heterocycles. The lowest BCUT2D eigenvalue weighted by Gasteiger charge is -2.25. The zero-order chi connectivity index (χ0) is 15.5. The Morgan fingerprint density at radius 3 is 2.68 bits per heavy atom. The van der Waals surface area contributed by atoms with Gasteiger partial charge in [-0.1, -0.05) is 30.3 Å². The summed E-state index contributed by atoms with van der Waals surface area (Å²) in [6.07, 6.45) is 0.942. The van der Waals surface area contributed by atoms with Crippen LogP contribution in [0.5, 0.6) is 0 Å². The number of aliphatic hydroxyl groups is 2. The third-order valence-electron chi connectivity index (χ3n) is 3.84.